The first kappa shape index (κ1) is 16.9. The number of nitrogens with one attached hydrogen (secondary N) is 1. The second-order valence-corrected chi connectivity index (χ2v) is 7.57. The van der Waals surface area contributed by atoms with Gasteiger partial charge in [-0.3, -0.25) is 4.90 Å². The van der Waals surface area contributed by atoms with Crippen LogP contribution in [0.15, 0.2) is 0 Å². The van der Waals surface area contributed by atoms with Crippen LogP contribution in [0.4, 0.5) is 0 Å². The van der Waals surface area contributed by atoms with Crippen molar-refractivity contribution >= 4 is 9.84 Å². The van der Waals surface area contributed by atoms with Crippen molar-refractivity contribution in [2.75, 3.05) is 44.9 Å². The van der Waals surface area contributed by atoms with Crippen LogP contribution in [0.3, 0.4) is 0 Å². The van der Waals surface area contributed by atoms with Crippen molar-refractivity contribution in [3.8, 4) is 0 Å². The van der Waals surface area contributed by atoms with Gasteiger partial charge in [-0.1, -0.05) is 6.92 Å². The molecule has 114 valence electrons. The zero-order valence-corrected chi connectivity index (χ0v) is 13.2. The monoisotopic (exact) mass is 292 g/mol. The molecule has 0 aromatic heterocycles. The fraction of sp³-hybridized carbons (Fsp3) is 1.00. The van der Waals surface area contributed by atoms with E-state index >= 15 is 0 Å². The minimum Gasteiger partial charge on any atom is -0.383 e. The van der Waals surface area contributed by atoms with Gasteiger partial charge in [-0.25, -0.2) is 8.42 Å². The Kier molecular flexibility index (Phi) is 7.28. The number of nitrogens with zero attached hydrogens (tertiary/aromatic N) is 1. The van der Waals surface area contributed by atoms with Crippen LogP contribution < -0.4 is 5.32 Å². The molecule has 1 N–H and O–H groups in total. The standard InChI is InChI=1S/C13H28N2O3S/c1-4-12(2)15(8-9-18-3)7-5-13-11-19(16,17)10-6-14-13/h12-14H,4-11H2,1-3H3. The molecule has 0 aromatic carbocycles. The fourth-order valence-corrected chi connectivity index (χ4v) is 3.89. The molecule has 1 aliphatic rings. The van der Waals surface area contributed by atoms with E-state index in [0.717, 1.165) is 32.5 Å². The van der Waals surface area contributed by atoms with Crippen molar-refractivity contribution in [3.63, 3.8) is 0 Å². The number of methoxy groups -OCH3 is 1. The van der Waals surface area contributed by atoms with Crippen molar-refractivity contribution in [1.82, 2.24) is 10.2 Å². The zero-order valence-electron chi connectivity index (χ0n) is 12.4. The van der Waals surface area contributed by atoms with Crippen LogP contribution in [0, 0.1) is 0 Å². The molecule has 1 aliphatic heterocycles. The van der Waals surface area contributed by atoms with Gasteiger partial charge in [-0.15, -0.1) is 0 Å². The van der Waals surface area contributed by atoms with E-state index in [1.165, 1.54) is 0 Å². The molecular formula is C13H28N2O3S. The van der Waals surface area contributed by atoms with Gasteiger partial charge in [-0.05, 0) is 19.8 Å². The highest BCUT2D eigenvalue weighted by Gasteiger charge is 2.24. The van der Waals surface area contributed by atoms with Crippen LogP contribution in [0.25, 0.3) is 0 Å². The van der Waals surface area contributed by atoms with Gasteiger partial charge >= 0.3 is 0 Å². The molecular weight excluding hydrogens is 264 g/mol. The number of hydrogen-bond donors (Lipinski definition) is 1. The molecule has 0 amide bonds. The highest BCUT2D eigenvalue weighted by molar-refractivity contribution is 7.91. The average Bonchev–Trinajstić information content (AvgIpc) is 2.37. The minimum absolute atomic E-state index is 0.104. The van der Waals surface area contributed by atoms with E-state index in [-0.39, 0.29) is 17.5 Å². The largest absolute Gasteiger partial charge is 0.383 e. The van der Waals surface area contributed by atoms with Crippen LogP contribution in [-0.2, 0) is 14.6 Å². The summed E-state index contributed by atoms with van der Waals surface area (Å²) in [4.78, 5) is 2.38. The van der Waals surface area contributed by atoms with E-state index in [1.54, 1.807) is 7.11 Å². The molecule has 0 radical (unpaired) electrons. The Morgan fingerprint density at radius 2 is 2.16 bits per heavy atom. The maximum atomic E-state index is 11.6. The van der Waals surface area contributed by atoms with Gasteiger partial charge in [-0.2, -0.15) is 0 Å². The topological polar surface area (TPSA) is 58.6 Å². The number of ether oxygens (including phenoxy) is 1. The molecule has 2 atom stereocenters. The Bertz CT molecular complexity index is 346. The van der Waals surface area contributed by atoms with Gasteiger partial charge in [0.25, 0.3) is 0 Å². The molecule has 0 aromatic rings. The lowest BCUT2D eigenvalue weighted by atomic mass is 10.1. The molecule has 0 aliphatic carbocycles. The lowest BCUT2D eigenvalue weighted by molar-refractivity contribution is 0.120. The van der Waals surface area contributed by atoms with Gasteiger partial charge in [0.15, 0.2) is 9.84 Å². The van der Waals surface area contributed by atoms with Crippen molar-refractivity contribution in [1.29, 1.82) is 0 Å². The van der Waals surface area contributed by atoms with Crippen molar-refractivity contribution < 1.29 is 13.2 Å². The third kappa shape index (κ3) is 6.21. The Balaban J connectivity index is 2.42. The average molecular weight is 292 g/mol. The summed E-state index contributed by atoms with van der Waals surface area (Å²) in [5, 5.41) is 3.31. The normalized spacial score (nSPS) is 24.5. The van der Waals surface area contributed by atoms with Crippen molar-refractivity contribution in [2.24, 2.45) is 0 Å². The predicted molar refractivity (Wildman–Crippen MR) is 78.3 cm³/mol. The van der Waals surface area contributed by atoms with E-state index in [9.17, 15) is 8.42 Å². The first-order valence-electron chi connectivity index (χ1n) is 7.15. The molecule has 0 spiro atoms. The smallest absolute Gasteiger partial charge is 0.153 e. The quantitative estimate of drug-likeness (QED) is 0.706. The number of sulfone groups is 1. The molecule has 0 saturated carbocycles. The third-order valence-electron chi connectivity index (χ3n) is 3.86. The molecule has 1 saturated heterocycles. The maximum Gasteiger partial charge on any atom is 0.153 e. The molecule has 2 unspecified atom stereocenters. The van der Waals surface area contributed by atoms with E-state index in [0.29, 0.717) is 12.6 Å². The highest BCUT2D eigenvalue weighted by Crippen LogP contribution is 2.09. The van der Waals surface area contributed by atoms with E-state index < -0.39 is 9.84 Å². The lowest BCUT2D eigenvalue weighted by Crippen LogP contribution is -2.47. The number of hydrogen-bond acceptors (Lipinski definition) is 5. The summed E-state index contributed by atoms with van der Waals surface area (Å²) >= 11 is 0. The molecule has 6 heteroatoms. The van der Waals surface area contributed by atoms with Gasteiger partial charge in [0.1, 0.15) is 0 Å². The Morgan fingerprint density at radius 1 is 1.42 bits per heavy atom. The Hall–Kier alpha value is -0.170. The second kappa shape index (κ2) is 8.19. The first-order valence-corrected chi connectivity index (χ1v) is 8.97. The molecule has 19 heavy (non-hydrogen) atoms. The summed E-state index contributed by atoms with van der Waals surface area (Å²) < 4.78 is 28.3. The van der Waals surface area contributed by atoms with Crippen LogP contribution in [-0.4, -0.2) is 70.3 Å². The van der Waals surface area contributed by atoms with Crippen LogP contribution in [0.1, 0.15) is 26.7 Å². The molecule has 5 nitrogen and oxygen atoms in total. The summed E-state index contributed by atoms with van der Waals surface area (Å²) in [6.45, 7) is 7.53. The molecule has 1 rings (SSSR count). The lowest BCUT2D eigenvalue weighted by Gasteiger charge is -2.31. The SMILES string of the molecule is CCC(C)N(CCOC)CCC1CS(=O)(=O)CCN1. The van der Waals surface area contributed by atoms with E-state index in [1.807, 2.05) is 0 Å². The second-order valence-electron chi connectivity index (χ2n) is 5.34. The van der Waals surface area contributed by atoms with Crippen LogP contribution >= 0.6 is 0 Å². The number of rotatable bonds is 8. The van der Waals surface area contributed by atoms with Gasteiger partial charge in [0.2, 0.25) is 0 Å². The first-order chi connectivity index (χ1) is 8.98. The van der Waals surface area contributed by atoms with Gasteiger partial charge in [0.05, 0.1) is 18.1 Å². The van der Waals surface area contributed by atoms with Crippen molar-refractivity contribution in [3.05, 3.63) is 0 Å². The minimum atomic E-state index is -2.83. The predicted octanol–water partition coefficient (Wildman–Crippen LogP) is 0.510. The van der Waals surface area contributed by atoms with Gasteiger partial charge in [0, 0.05) is 38.8 Å². The summed E-state index contributed by atoms with van der Waals surface area (Å²) in [5.41, 5.74) is 0. The van der Waals surface area contributed by atoms with E-state index in [4.69, 9.17) is 4.74 Å². The molecule has 1 fully saturated rings. The summed E-state index contributed by atoms with van der Waals surface area (Å²) in [7, 11) is -1.12. The van der Waals surface area contributed by atoms with Crippen LogP contribution in [0.5, 0.6) is 0 Å². The maximum absolute atomic E-state index is 11.6. The summed E-state index contributed by atoms with van der Waals surface area (Å²) in [6, 6.07) is 0.614. The molecule has 0 bridgehead atoms. The molecule has 1 heterocycles. The summed E-state index contributed by atoms with van der Waals surface area (Å²) in [6.07, 6.45) is 1.98. The van der Waals surface area contributed by atoms with Crippen molar-refractivity contribution in [2.45, 2.75) is 38.8 Å². The third-order valence-corrected chi connectivity index (χ3v) is 5.60. The van der Waals surface area contributed by atoms with E-state index in [2.05, 4.69) is 24.1 Å². The van der Waals surface area contributed by atoms with Crippen LogP contribution in [0.2, 0.25) is 0 Å². The summed E-state index contributed by atoms with van der Waals surface area (Å²) in [5.74, 6) is 0.563. The zero-order chi connectivity index (χ0) is 14.3. The Labute approximate surface area is 117 Å². The Morgan fingerprint density at radius 3 is 2.74 bits per heavy atom. The van der Waals surface area contributed by atoms with Gasteiger partial charge < -0.3 is 10.1 Å². The fourth-order valence-electron chi connectivity index (χ4n) is 2.39. The highest BCUT2D eigenvalue weighted by atomic mass is 32.2.